The van der Waals surface area contributed by atoms with Crippen LogP contribution in [0.15, 0.2) is 18.2 Å². The Hall–Kier alpha value is -0.980. The molecular formula is C8H8O. The SMILES string of the molecule is [CH2]c1ccc([O])cc1C. The molecule has 2 radical (unpaired) electrons. The van der Waals surface area contributed by atoms with E-state index in [0.717, 1.165) is 11.1 Å². The Morgan fingerprint density at radius 1 is 1.44 bits per heavy atom. The van der Waals surface area contributed by atoms with Gasteiger partial charge < -0.3 is 0 Å². The van der Waals surface area contributed by atoms with Gasteiger partial charge in [-0.15, -0.1) is 0 Å². The number of aryl methyl sites for hydroxylation is 1. The summed E-state index contributed by atoms with van der Waals surface area (Å²) in [6, 6.07) is 4.84. The summed E-state index contributed by atoms with van der Waals surface area (Å²) in [4.78, 5) is 0. The van der Waals surface area contributed by atoms with Gasteiger partial charge in [0, 0.05) is 0 Å². The minimum Gasteiger partial charge on any atom is -0.290 e. The first-order valence-electron chi connectivity index (χ1n) is 2.80. The van der Waals surface area contributed by atoms with Gasteiger partial charge in [0.2, 0.25) is 0 Å². The van der Waals surface area contributed by atoms with Gasteiger partial charge in [-0.2, -0.15) is 0 Å². The molecule has 1 aromatic rings. The summed E-state index contributed by atoms with van der Waals surface area (Å²) in [5.41, 5.74) is 1.89. The average Bonchev–Trinajstić information content (AvgIpc) is 1.80. The highest BCUT2D eigenvalue weighted by Gasteiger charge is 1.92. The van der Waals surface area contributed by atoms with Crippen LogP contribution in [0.2, 0.25) is 0 Å². The topological polar surface area (TPSA) is 19.9 Å². The van der Waals surface area contributed by atoms with Crippen molar-refractivity contribution in [3.8, 4) is 5.75 Å². The Labute approximate surface area is 55.0 Å². The molecule has 0 N–H and O–H groups in total. The van der Waals surface area contributed by atoms with E-state index in [0.29, 0.717) is 0 Å². The molecule has 0 spiro atoms. The lowest BCUT2D eigenvalue weighted by molar-refractivity contribution is 0.354. The highest BCUT2D eigenvalue weighted by atomic mass is 16.3. The molecule has 9 heavy (non-hydrogen) atoms. The van der Waals surface area contributed by atoms with Gasteiger partial charge in [-0.1, -0.05) is 6.07 Å². The fraction of sp³-hybridized carbons (Fsp3) is 0.125. The van der Waals surface area contributed by atoms with Crippen LogP contribution in [0.25, 0.3) is 0 Å². The molecule has 0 bridgehead atoms. The van der Waals surface area contributed by atoms with Gasteiger partial charge >= 0.3 is 0 Å². The van der Waals surface area contributed by atoms with Crippen LogP contribution in [0.4, 0.5) is 0 Å². The molecular weight excluding hydrogens is 112 g/mol. The Morgan fingerprint density at radius 3 is 2.56 bits per heavy atom. The molecule has 0 saturated carbocycles. The van der Waals surface area contributed by atoms with Gasteiger partial charge in [0.1, 0.15) is 0 Å². The first kappa shape index (κ1) is 6.14. The predicted octanol–water partition coefficient (Wildman–Crippen LogP) is 2.32. The Bertz CT molecular complexity index is 216. The quantitative estimate of drug-likeness (QED) is 0.500. The van der Waals surface area contributed by atoms with Crippen molar-refractivity contribution in [3.63, 3.8) is 0 Å². The molecule has 1 heteroatoms. The minimum absolute atomic E-state index is 0.0555. The van der Waals surface area contributed by atoms with E-state index in [1.807, 2.05) is 6.92 Å². The van der Waals surface area contributed by atoms with E-state index in [-0.39, 0.29) is 5.75 Å². The van der Waals surface area contributed by atoms with Crippen LogP contribution in [0.1, 0.15) is 11.1 Å². The van der Waals surface area contributed by atoms with E-state index >= 15 is 0 Å². The van der Waals surface area contributed by atoms with Crippen molar-refractivity contribution < 1.29 is 5.11 Å². The van der Waals surface area contributed by atoms with Crippen molar-refractivity contribution in [2.75, 3.05) is 0 Å². The highest BCUT2D eigenvalue weighted by Crippen LogP contribution is 2.14. The van der Waals surface area contributed by atoms with E-state index in [2.05, 4.69) is 6.92 Å². The molecule has 0 aliphatic heterocycles. The van der Waals surface area contributed by atoms with Crippen molar-refractivity contribution in [2.45, 2.75) is 6.92 Å². The van der Waals surface area contributed by atoms with Crippen LogP contribution < -0.4 is 0 Å². The van der Waals surface area contributed by atoms with Crippen molar-refractivity contribution in [1.82, 2.24) is 0 Å². The third kappa shape index (κ3) is 1.22. The number of benzene rings is 1. The van der Waals surface area contributed by atoms with Gasteiger partial charge in [-0.25, -0.2) is 0 Å². The largest absolute Gasteiger partial charge is 0.290 e. The second-order valence-corrected chi connectivity index (χ2v) is 2.09. The standard InChI is InChI=1S/C8H8O/c1-6-3-4-8(9)5-7(6)2/h3-5H,1H2,2H3. The predicted molar refractivity (Wildman–Crippen MR) is 35.8 cm³/mol. The average molecular weight is 120 g/mol. The van der Waals surface area contributed by atoms with Gasteiger partial charge in [-0.05, 0) is 37.1 Å². The zero-order valence-electron chi connectivity index (χ0n) is 5.35. The minimum atomic E-state index is 0.0555. The molecule has 0 fully saturated rings. The second-order valence-electron chi connectivity index (χ2n) is 2.09. The Kier molecular flexibility index (Phi) is 1.43. The van der Waals surface area contributed by atoms with E-state index in [1.54, 1.807) is 12.1 Å². The monoisotopic (exact) mass is 120 g/mol. The van der Waals surface area contributed by atoms with Crippen LogP contribution in [0.5, 0.6) is 5.75 Å². The number of rotatable bonds is 0. The zero-order chi connectivity index (χ0) is 6.85. The van der Waals surface area contributed by atoms with Crippen LogP contribution in [0.3, 0.4) is 0 Å². The lowest BCUT2D eigenvalue weighted by Crippen LogP contribution is -1.76. The zero-order valence-corrected chi connectivity index (χ0v) is 5.35. The fourth-order valence-corrected chi connectivity index (χ4v) is 0.668. The Morgan fingerprint density at radius 2 is 2.11 bits per heavy atom. The molecule has 0 aromatic heterocycles. The lowest BCUT2D eigenvalue weighted by atomic mass is 10.1. The summed E-state index contributed by atoms with van der Waals surface area (Å²) < 4.78 is 0. The molecule has 0 aliphatic rings. The van der Waals surface area contributed by atoms with Gasteiger partial charge in [0.25, 0.3) is 0 Å². The molecule has 46 valence electrons. The smallest absolute Gasteiger partial charge is 0.178 e. The Balaban J connectivity index is 3.17. The highest BCUT2D eigenvalue weighted by molar-refractivity contribution is 5.35. The maximum absolute atomic E-state index is 10.6. The first-order valence-corrected chi connectivity index (χ1v) is 2.80. The lowest BCUT2D eigenvalue weighted by Gasteiger charge is -1.95. The fourth-order valence-electron chi connectivity index (χ4n) is 0.668. The number of hydrogen-bond donors (Lipinski definition) is 0. The third-order valence-electron chi connectivity index (χ3n) is 1.31. The first-order chi connectivity index (χ1) is 4.20. The molecule has 1 rings (SSSR count). The summed E-state index contributed by atoms with van der Waals surface area (Å²) in [6.07, 6.45) is 0. The maximum atomic E-state index is 10.6. The van der Waals surface area contributed by atoms with Crippen LogP contribution in [-0.4, -0.2) is 0 Å². The summed E-state index contributed by atoms with van der Waals surface area (Å²) in [7, 11) is 0. The normalized spacial score (nSPS) is 9.56. The van der Waals surface area contributed by atoms with Gasteiger partial charge in [0.15, 0.2) is 5.75 Å². The number of hydrogen-bond acceptors (Lipinski definition) is 0. The molecule has 0 heterocycles. The van der Waals surface area contributed by atoms with Crippen molar-refractivity contribution >= 4 is 0 Å². The van der Waals surface area contributed by atoms with E-state index < -0.39 is 0 Å². The van der Waals surface area contributed by atoms with Crippen LogP contribution in [-0.2, 0) is 5.11 Å². The van der Waals surface area contributed by atoms with E-state index in [1.165, 1.54) is 6.07 Å². The van der Waals surface area contributed by atoms with Crippen molar-refractivity contribution in [2.24, 2.45) is 0 Å². The summed E-state index contributed by atoms with van der Waals surface area (Å²) in [5, 5.41) is 10.6. The molecule has 0 atom stereocenters. The van der Waals surface area contributed by atoms with Gasteiger partial charge in [0.05, 0.1) is 0 Å². The molecule has 0 amide bonds. The molecule has 0 saturated heterocycles. The van der Waals surface area contributed by atoms with E-state index in [9.17, 15) is 5.11 Å². The second kappa shape index (κ2) is 2.09. The van der Waals surface area contributed by atoms with Crippen molar-refractivity contribution in [1.29, 1.82) is 0 Å². The maximum Gasteiger partial charge on any atom is 0.178 e. The van der Waals surface area contributed by atoms with Gasteiger partial charge in [-0.3, -0.25) is 5.11 Å². The van der Waals surface area contributed by atoms with E-state index in [4.69, 9.17) is 0 Å². The molecule has 0 aliphatic carbocycles. The summed E-state index contributed by atoms with van der Waals surface area (Å²) in [6.45, 7) is 5.60. The molecule has 1 nitrogen and oxygen atoms in total. The van der Waals surface area contributed by atoms with Crippen LogP contribution >= 0.6 is 0 Å². The summed E-state index contributed by atoms with van der Waals surface area (Å²) >= 11 is 0. The molecule has 0 unspecified atom stereocenters. The van der Waals surface area contributed by atoms with Crippen LogP contribution in [0, 0.1) is 13.8 Å². The molecule has 1 aromatic carbocycles. The third-order valence-corrected chi connectivity index (χ3v) is 1.31. The van der Waals surface area contributed by atoms with Crippen molar-refractivity contribution in [3.05, 3.63) is 36.2 Å². The summed E-state index contributed by atoms with van der Waals surface area (Å²) in [5.74, 6) is 0.0555.